The average molecular weight is 234 g/mol. The third kappa shape index (κ3) is 2.97. The summed E-state index contributed by atoms with van der Waals surface area (Å²) in [5.41, 5.74) is 1.67. The number of rotatable bonds is 5. The molecule has 1 aromatic carbocycles. The molecule has 2 aromatic rings. The lowest BCUT2D eigenvalue weighted by Crippen LogP contribution is -2.24. The van der Waals surface area contributed by atoms with Crippen molar-refractivity contribution in [3.63, 3.8) is 0 Å². The number of hydrogen-bond acceptors (Lipinski definition) is 4. The lowest BCUT2D eigenvalue weighted by atomic mass is 9.90. The summed E-state index contributed by atoms with van der Waals surface area (Å²) in [6, 6.07) is 8.21. The maximum absolute atomic E-state index is 8.95. The third-order valence-corrected chi connectivity index (χ3v) is 2.80. The number of nitrogens with one attached hydrogen (secondary N) is 1. The van der Waals surface area contributed by atoms with Crippen LogP contribution < -0.4 is 5.32 Å². The number of anilines is 1. The molecule has 2 N–H and O–H groups in total. The molecule has 2 rings (SSSR count). The van der Waals surface area contributed by atoms with E-state index in [2.05, 4.69) is 24.1 Å². The second-order valence-corrected chi connectivity index (χ2v) is 4.98. The second kappa shape index (κ2) is 4.75. The predicted molar refractivity (Wildman–Crippen MR) is 68.0 cm³/mol. The van der Waals surface area contributed by atoms with E-state index in [1.807, 2.05) is 24.3 Å². The number of aliphatic hydroxyl groups excluding tert-OH is 1. The largest absolute Gasteiger partial charge is 0.424 e. The van der Waals surface area contributed by atoms with E-state index in [4.69, 9.17) is 9.52 Å². The molecule has 0 bridgehead atoms. The monoisotopic (exact) mass is 234 g/mol. The van der Waals surface area contributed by atoms with Crippen LogP contribution in [0.3, 0.4) is 0 Å². The van der Waals surface area contributed by atoms with Gasteiger partial charge in [-0.05, 0) is 24.0 Å². The minimum Gasteiger partial charge on any atom is -0.424 e. The van der Waals surface area contributed by atoms with Gasteiger partial charge < -0.3 is 14.8 Å². The lowest BCUT2D eigenvalue weighted by molar-refractivity contribution is 0.219. The fourth-order valence-corrected chi connectivity index (χ4v) is 1.65. The van der Waals surface area contributed by atoms with Crippen LogP contribution >= 0.6 is 0 Å². The molecule has 0 saturated carbocycles. The van der Waals surface area contributed by atoms with E-state index in [0.717, 1.165) is 24.1 Å². The Bertz CT molecular complexity index is 458. The second-order valence-electron chi connectivity index (χ2n) is 4.98. The number of aliphatic hydroxyl groups is 1. The van der Waals surface area contributed by atoms with E-state index >= 15 is 0 Å². The van der Waals surface area contributed by atoms with Gasteiger partial charge in [-0.1, -0.05) is 26.0 Å². The van der Waals surface area contributed by atoms with E-state index in [1.54, 1.807) is 0 Å². The molecular weight excluding hydrogens is 216 g/mol. The maximum Gasteiger partial charge on any atom is 0.295 e. The summed E-state index contributed by atoms with van der Waals surface area (Å²) in [6.45, 7) is 5.11. The molecule has 17 heavy (non-hydrogen) atoms. The van der Waals surface area contributed by atoms with Crippen molar-refractivity contribution in [3.8, 4) is 0 Å². The molecule has 1 heterocycles. The summed E-state index contributed by atoms with van der Waals surface area (Å²) < 4.78 is 5.56. The fraction of sp³-hybridized carbons (Fsp3) is 0.462. The van der Waals surface area contributed by atoms with E-state index in [-0.39, 0.29) is 12.0 Å². The highest BCUT2D eigenvalue weighted by atomic mass is 16.4. The van der Waals surface area contributed by atoms with Gasteiger partial charge in [-0.25, -0.2) is 0 Å². The molecule has 92 valence electrons. The highest BCUT2D eigenvalue weighted by Crippen LogP contribution is 2.22. The van der Waals surface area contributed by atoms with Crippen LogP contribution in [-0.2, 0) is 0 Å². The molecule has 0 aliphatic heterocycles. The molecule has 0 atom stereocenters. The molecule has 4 nitrogen and oxygen atoms in total. The molecule has 1 aromatic heterocycles. The van der Waals surface area contributed by atoms with Crippen molar-refractivity contribution in [2.45, 2.75) is 20.3 Å². The first-order chi connectivity index (χ1) is 8.11. The highest BCUT2D eigenvalue weighted by molar-refractivity contribution is 5.74. The van der Waals surface area contributed by atoms with Gasteiger partial charge in [0.15, 0.2) is 5.58 Å². The number of hydrogen-bond donors (Lipinski definition) is 2. The number of para-hydroxylation sites is 2. The highest BCUT2D eigenvalue weighted by Gasteiger charge is 2.17. The van der Waals surface area contributed by atoms with Crippen LogP contribution in [0, 0.1) is 5.41 Å². The normalized spacial score (nSPS) is 11.9. The molecule has 0 amide bonds. The zero-order chi connectivity index (χ0) is 12.3. The van der Waals surface area contributed by atoms with Crippen molar-refractivity contribution in [1.29, 1.82) is 0 Å². The van der Waals surface area contributed by atoms with Gasteiger partial charge in [0, 0.05) is 13.2 Å². The van der Waals surface area contributed by atoms with Crippen molar-refractivity contribution in [2.75, 3.05) is 18.5 Å². The fourth-order valence-electron chi connectivity index (χ4n) is 1.65. The summed E-state index contributed by atoms with van der Waals surface area (Å²) >= 11 is 0. The Balaban J connectivity index is 2.04. The van der Waals surface area contributed by atoms with Gasteiger partial charge in [-0.15, -0.1) is 0 Å². The molecule has 0 fully saturated rings. The number of aromatic nitrogens is 1. The van der Waals surface area contributed by atoms with E-state index in [9.17, 15) is 0 Å². The van der Waals surface area contributed by atoms with Crippen molar-refractivity contribution in [3.05, 3.63) is 24.3 Å². The predicted octanol–water partition coefficient (Wildman–Crippen LogP) is 2.65. The van der Waals surface area contributed by atoms with Crippen LogP contribution in [-0.4, -0.2) is 23.2 Å². The average Bonchev–Trinajstić information content (AvgIpc) is 2.69. The number of oxazole rings is 1. The SMILES string of the molecule is CC(C)(CCO)CNc1nc2ccccc2o1. The van der Waals surface area contributed by atoms with E-state index < -0.39 is 0 Å². The Kier molecular flexibility index (Phi) is 3.33. The zero-order valence-corrected chi connectivity index (χ0v) is 10.2. The molecule has 0 aliphatic rings. The summed E-state index contributed by atoms with van der Waals surface area (Å²) in [6.07, 6.45) is 0.750. The molecule has 0 saturated heterocycles. The number of benzene rings is 1. The van der Waals surface area contributed by atoms with Crippen molar-refractivity contribution >= 4 is 17.1 Å². The Labute approximate surface area is 101 Å². The van der Waals surface area contributed by atoms with Crippen molar-refractivity contribution in [1.82, 2.24) is 4.98 Å². The van der Waals surface area contributed by atoms with Gasteiger partial charge in [0.2, 0.25) is 0 Å². The maximum atomic E-state index is 8.95. The van der Waals surface area contributed by atoms with E-state index in [0.29, 0.717) is 6.01 Å². The van der Waals surface area contributed by atoms with Crippen LogP contribution in [0.15, 0.2) is 28.7 Å². The van der Waals surface area contributed by atoms with Crippen molar-refractivity contribution in [2.24, 2.45) is 5.41 Å². The van der Waals surface area contributed by atoms with E-state index in [1.165, 1.54) is 0 Å². The first-order valence-corrected chi connectivity index (χ1v) is 5.81. The summed E-state index contributed by atoms with van der Waals surface area (Å²) in [4.78, 5) is 4.34. The van der Waals surface area contributed by atoms with Gasteiger partial charge >= 0.3 is 0 Å². The Hall–Kier alpha value is -1.55. The molecule has 0 unspecified atom stereocenters. The van der Waals surface area contributed by atoms with Crippen molar-refractivity contribution < 1.29 is 9.52 Å². The van der Waals surface area contributed by atoms with Crippen LogP contribution in [0.5, 0.6) is 0 Å². The standard InChI is InChI=1S/C13H18N2O2/c1-13(2,7-8-16)9-14-12-15-10-5-3-4-6-11(10)17-12/h3-6,16H,7-9H2,1-2H3,(H,14,15). The summed E-state index contributed by atoms with van der Waals surface area (Å²) in [7, 11) is 0. The quantitative estimate of drug-likeness (QED) is 0.835. The third-order valence-electron chi connectivity index (χ3n) is 2.80. The summed E-state index contributed by atoms with van der Waals surface area (Å²) in [5, 5.41) is 12.1. The Morgan fingerprint density at radius 2 is 2.12 bits per heavy atom. The molecule has 0 spiro atoms. The first-order valence-electron chi connectivity index (χ1n) is 5.81. The number of nitrogens with zero attached hydrogens (tertiary/aromatic N) is 1. The Morgan fingerprint density at radius 1 is 1.35 bits per heavy atom. The summed E-state index contributed by atoms with van der Waals surface area (Å²) in [5.74, 6) is 0. The molecular formula is C13H18N2O2. The molecule has 0 aliphatic carbocycles. The smallest absolute Gasteiger partial charge is 0.295 e. The van der Waals surface area contributed by atoms with Crippen LogP contribution in [0.1, 0.15) is 20.3 Å². The molecule has 4 heteroatoms. The van der Waals surface area contributed by atoms with Gasteiger partial charge in [0.1, 0.15) is 5.52 Å². The van der Waals surface area contributed by atoms with Gasteiger partial charge in [-0.3, -0.25) is 0 Å². The Morgan fingerprint density at radius 3 is 2.82 bits per heavy atom. The van der Waals surface area contributed by atoms with Gasteiger partial charge in [0.05, 0.1) is 0 Å². The minimum atomic E-state index is 0.0232. The van der Waals surface area contributed by atoms with Crippen LogP contribution in [0.2, 0.25) is 0 Å². The number of fused-ring (bicyclic) bond motifs is 1. The molecule has 0 radical (unpaired) electrons. The van der Waals surface area contributed by atoms with Crippen LogP contribution in [0.25, 0.3) is 11.1 Å². The van der Waals surface area contributed by atoms with Crippen LogP contribution in [0.4, 0.5) is 6.01 Å². The first kappa shape index (κ1) is 11.9. The zero-order valence-electron chi connectivity index (χ0n) is 10.2. The van der Waals surface area contributed by atoms with Gasteiger partial charge in [0.25, 0.3) is 6.01 Å². The lowest BCUT2D eigenvalue weighted by Gasteiger charge is -2.23. The minimum absolute atomic E-state index is 0.0232. The van der Waals surface area contributed by atoms with Gasteiger partial charge in [-0.2, -0.15) is 4.98 Å². The topological polar surface area (TPSA) is 58.3 Å².